The summed E-state index contributed by atoms with van der Waals surface area (Å²) in [6.45, 7) is 3.08. The molecule has 2 saturated carbocycles. The van der Waals surface area contributed by atoms with Crippen molar-refractivity contribution in [2.75, 3.05) is 19.8 Å². The van der Waals surface area contributed by atoms with E-state index >= 15 is 4.39 Å². The Kier molecular flexibility index (Phi) is 5.58. The molecule has 9 heteroatoms. The van der Waals surface area contributed by atoms with E-state index in [0.717, 1.165) is 67.9 Å². The van der Waals surface area contributed by atoms with Gasteiger partial charge in [0.25, 0.3) is 5.91 Å². The number of piperidine rings is 1. The van der Waals surface area contributed by atoms with Gasteiger partial charge in [-0.05, 0) is 80.7 Å². The molecule has 40 heavy (non-hydrogen) atoms. The van der Waals surface area contributed by atoms with Gasteiger partial charge in [-0.2, -0.15) is 0 Å². The van der Waals surface area contributed by atoms with Crippen LogP contribution in [0.3, 0.4) is 0 Å². The van der Waals surface area contributed by atoms with Crippen LogP contribution in [-0.4, -0.2) is 61.8 Å². The number of carbonyl (C=O) groups is 1. The molecule has 1 amide bonds. The highest BCUT2D eigenvalue weighted by Crippen LogP contribution is 2.39. The van der Waals surface area contributed by atoms with Crippen molar-refractivity contribution in [3.63, 3.8) is 0 Å². The highest BCUT2D eigenvalue weighted by Gasteiger charge is 2.47. The summed E-state index contributed by atoms with van der Waals surface area (Å²) in [6, 6.07) is 9.62. The molecule has 2 saturated heterocycles. The fourth-order valence-corrected chi connectivity index (χ4v) is 7.39. The number of imidazole rings is 1. The quantitative estimate of drug-likeness (QED) is 0.398. The van der Waals surface area contributed by atoms with Crippen LogP contribution in [0.1, 0.15) is 60.5 Å². The summed E-state index contributed by atoms with van der Waals surface area (Å²) in [5.41, 5.74) is 10.6. The van der Waals surface area contributed by atoms with E-state index in [1.807, 2.05) is 16.5 Å². The van der Waals surface area contributed by atoms with Crippen molar-refractivity contribution in [3.05, 3.63) is 47.4 Å². The van der Waals surface area contributed by atoms with Crippen LogP contribution < -0.4 is 5.73 Å². The number of carbonyl (C=O) groups excluding carboxylic acids is 1. The molecule has 4 aliphatic rings. The Morgan fingerprint density at radius 1 is 1.07 bits per heavy atom. The zero-order valence-corrected chi connectivity index (χ0v) is 22.9. The Bertz CT molecular complexity index is 1650. The standard InChI is InChI=1S/C31H35FN6O2/c1-36-28-22(32)12-21(31(39)38-16-20-5-7-25(38)27(20)33)13-24(28)35-30(36)26-14-19-4-6-23(18-8-10-40-11-9-18)34-29(19)37(26)15-17-2-3-17/h4,6,12-14,17-18,20,25,27H,2-3,5,7-11,15-16,33H2,1H3/t20-,25?,27?/m1/s1. The molecule has 4 fully saturated rings. The maximum atomic E-state index is 15.6. The van der Waals surface area contributed by atoms with E-state index in [-0.39, 0.29) is 18.0 Å². The molecule has 2 N–H and O–H groups in total. The lowest BCUT2D eigenvalue weighted by Crippen LogP contribution is -2.41. The van der Waals surface area contributed by atoms with Gasteiger partial charge >= 0.3 is 0 Å². The number of halogens is 1. The number of nitrogens with two attached hydrogens (primary N) is 1. The monoisotopic (exact) mass is 542 g/mol. The molecule has 3 atom stereocenters. The number of ether oxygens (including phenoxy) is 1. The molecule has 8 rings (SSSR count). The van der Waals surface area contributed by atoms with Crippen LogP contribution in [0.15, 0.2) is 30.3 Å². The number of nitrogens with zero attached hydrogens (tertiary/aromatic N) is 5. The van der Waals surface area contributed by atoms with Gasteiger partial charge in [-0.25, -0.2) is 14.4 Å². The molecular weight excluding hydrogens is 507 g/mol. The molecule has 2 aliphatic carbocycles. The van der Waals surface area contributed by atoms with E-state index in [2.05, 4.69) is 22.8 Å². The van der Waals surface area contributed by atoms with Crippen molar-refractivity contribution >= 4 is 28.0 Å². The Morgan fingerprint density at radius 3 is 2.62 bits per heavy atom. The van der Waals surface area contributed by atoms with Gasteiger partial charge in [0.05, 0.1) is 11.2 Å². The minimum atomic E-state index is -0.430. The van der Waals surface area contributed by atoms with Gasteiger partial charge in [0.1, 0.15) is 17.0 Å². The molecule has 208 valence electrons. The first-order valence-corrected chi connectivity index (χ1v) is 14.8. The number of likely N-dealkylation sites (tertiary alicyclic amines) is 1. The first-order valence-electron chi connectivity index (χ1n) is 14.8. The van der Waals surface area contributed by atoms with Crippen LogP contribution in [-0.2, 0) is 18.3 Å². The Balaban J connectivity index is 1.21. The van der Waals surface area contributed by atoms with Crippen LogP contribution in [0.2, 0.25) is 0 Å². The third-order valence-corrected chi connectivity index (χ3v) is 9.86. The predicted molar refractivity (Wildman–Crippen MR) is 150 cm³/mol. The minimum Gasteiger partial charge on any atom is -0.381 e. The SMILES string of the molecule is Cn1c(-c2cc3ccc(C4CCOCC4)nc3n2CC2CC2)nc2cc(C(=O)N3C[C@H]4CCC3C4N)cc(F)c21. The molecule has 0 spiro atoms. The van der Waals surface area contributed by atoms with Gasteiger partial charge in [0.15, 0.2) is 5.82 Å². The summed E-state index contributed by atoms with van der Waals surface area (Å²) >= 11 is 0. The predicted octanol–water partition coefficient (Wildman–Crippen LogP) is 4.59. The largest absolute Gasteiger partial charge is 0.381 e. The van der Waals surface area contributed by atoms with Gasteiger partial charge in [-0.15, -0.1) is 0 Å². The summed E-state index contributed by atoms with van der Waals surface area (Å²) < 4.78 is 25.3. The summed E-state index contributed by atoms with van der Waals surface area (Å²) in [5, 5.41) is 1.07. The van der Waals surface area contributed by atoms with Gasteiger partial charge in [-0.1, -0.05) is 0 Å². The van der Waals surface area contributed by atoms with E-state index in [9.17, 15) is 4.79 Å². The average Bonchev–Trinajstić information content (AvgIpc) is 3.37. The van der Waals surface area contributed by atoms with Crippen molar-refractivity contribution in [2.45, 2.75) is 63.1 Å². The Labute approximate surface area is 232 Å². The number of pyridine rings is 1. The second-order valence-corrected chi connectivity index (χ2v) is 12.4. The van der Waals surface area contributed by atoms with Crippen LogP contribution in [0.25, 0.3) is 33.6 Å². The topological polar surface area (TPSA) is 91.2 Å². The van der Waals surface area contributed by atoms with Crippen LogP contribution in [0.5, 0.6) is 0 Å². The number of aryl methyl sites for hydroxylation is 1. The highest BCUT2D eigenvalue weighted by molar-refractivity contribution is 5.98. The lowest BCUT2D eigenvalue weighted by atomic mass is 9.96. The number of hydrogen-bond donors (Lipinski definition) is 1. The van der Waals surface area contributed by atoms with Crippen molar-refractivity contribution in [3.8, 4) is 11.5 Å². The van der Waals surface area contributed by atoms with Crippen molar-refractivity contribution in [1.82, 2.24) is 24.0 Å². The highest BCUT2D eigenvalue weighted by atomic mass is 19.1. The number of aromatic nitrogens is 4. The molecule has 2 aliphatic heterocycles. The number of rotatable bonds is 5. The molecule has 8 nitrogen and oxygen atoms in total. The van der Waals surface area contributed by atoms with Crippen molar-refractivity contribution < 1.29 is 13.9 Å². The van der Waals surface area contributed by atoms with E-state index in [4.69, 9.17) is 20.4 Å². The normalized spacial score (nSPS) is 25.1. The average molecular weight is 543 g/mol. The summed E-state index contributed by atoms with van der Waals surface area (Å²) in [4.78, 5) is 25.4. The maximum absolute atomic E-state index is 15.6. The fourth-order valence-electron chi connectivity index (χ4n) is 7.39. The van der Waals surface area contributed by atoms with Gasteiger partial charge in [0, 0.05) is 68.0 Å². The second-order valence-electron chi connectivity index (χ2n) is 12.4. The summed E-state index contributed by atoms with van der Waals surface area (Å²) in [5.74, 6) is 1.49. The van der Waals surface area contributed by atoms with Gasteiger partial charge in [-0.3, -0.25) is 4.79 Å². The second kappa shape index (κ2) is 9.11. The van der Waals surface area contributed by atoms with Crippen molar-refractivity contribution in [2.24, 2.45) is 24.6 Å². The zero-order chi connectivity index (χ0) is 27.1. The lowest BCUT2D eigenvalue weighted by molar-refractivity contribution is 0.0700. The molecule has 2 unspecified atom stereocenters. The fraction of sp³-hybridized carbons (Fsp3) is 0.516. The molecule has 4 aromatic rings. The third-order valence-electron chi connectivity index (χ3n) is 9.86. The number of fused-ring (bicyclic) bond motifs is 4. The maximum Gasteiger partial charge on any atom is 0.254 e. The van der Waals surface area contributed by atoms with E-state index in [1.165, 1.54) is 18.9 Å². The number of benzene rings is 1. The molecule has 3 aromatic heterocycles. The summed E-state index contributed by atoms with van der Waals surface area (Å²) in [7, 11) is 1.85. The van der Waals surface area contributed by atoms with Crippen LogP contribution >= 0.6 is 0 Å². The van der Waals surface area contributed by atoms with E-state index in [1.54, 1.807) is 6.07 Å². The summed E-state index contributed by atoms with van der Waals surface area (Å²) in [6.07, 6.45) is 6.39. The minimum absolute atomic E-state index is 0.0212. The number of amides is 1. The first-order chi connectivity index (χ1) is 19.5. The molecule has 1 aromatic carbocycles. The van der Waals surface area contributed by atoms with Gasteiger partial charge in [0.2, 0.25) is 0 Å². The molecule has 2 bridgehead atoms. The van der Waals surface area contributed by atoms with Crippen molar-refractivity contribution in [1.29, 1.82) is 0 Å². The molecule has 0 radical (unpaired) electrons. The Hall–Kier alpha value is -3.30. The molecular formula is C31H35FN6O2. The lowest BCUT2D eigenvalue weighted by Gasteiger charge is -2.27. The zero-order valence-electron chi connectivity index (χ0n) is 22.9. The third kappa shape index (κ3) is 3.81. The number of hydrogen-bond acceptors (Lipinski definition) is 5. The first kappa shape index (κ1) is 24.5. The molecule has 5 heterocycles. The van der Waals surface area contributed by atoms with Crippen LogP contribution in [0.4, 0.5) is 4.39 Å². The van der Waals surface area contributed by atoms with E-state index < -0.39 is 5.82 Å². The van der Waals surface area contributed by atoms with Crippen LogP contribution in [0, 0.1) is 17.7 Å². The van der Waals surface area contributed by atoms with Gasteiger partial charge < -0.3 is 24.5 Å². The Morgan fingerprint density at radius 2 is 1.90 bits per heavy atom. The smallest absolute Gasteiger partial charge is 0.254 e. The van der Waals surface area contributed by atoms with E-state index in [0.29, 0.717) is 46.7 Å².